The summed E-state index contributed by atoms with van der Waals surface area (Å²) in [6.07, 6.45) is 0.604. The Bertz CT molecular complexity index is 1040. The maximum Gasteiger partial charge on any atom is 0.343 e. The smallest absolute Gasteiger partial charge is 0.343 e. The Morgan fingerprint density at radius 2 is 1.67 bits per heavy atom. The molecule has 0 saturated carbocycles. The highest BCUT2D eigenvalue weighted by atomic mass is 16.5. The molecule has 3 N–H and O–H groups in total. The minimum absolute atomic E-state index is 0.00280. The number of nitrogens with one attached hydrogen (secondary N) is 1. The minimum Gasteiger partial charge on any atom is -0.455 e. The first-order chi connectivity index (χ1) is 15.4. The van der Waals surface area contributed by atoms with Gasteiger partial charge >= 0.3 is 11.9 Å². The van der Waals surface area contributed by atoms with Gasteiger partial charge in [0.2, 0.25) is 0 Å². The van der Waals surface area contributed by atoms with Crippen molar-refractivity contribution in [3.8, 4) is 5.75 Å². The fraction of sp³-hybridized carbons (Fsp3) is 0.360. The highest BCUT2D eigenvalue weighted by Gasteiger charge is 2.20. The lowest BCUT2D eigenvalue weighted by molar-refractivity contribution is -0.150. The number of hydrogen-bond acceptors (Lipinski definition) is 6. The Morgan fingerprint density at radius 3 is 2.21 bits per heavy atom. The number of esters is 2. The van der Waals surface area contributed by atoms with Crippen molar-refractivity contribution in [2.45, 2.75) is 33.6 Å². The average molecular weight is 454 g/mol. The van der Waals surface area contributed by atoms with Crippen LogP contribution >= 0.6 is 0 Å². The predicted octanol–water partition coefficient (Wildman–Crippen LogP) is 2.95. The number of carbonyl (C=O) groups is 3. The topological polar surface area (TPSA) is 123 Å². The van der Waals surface area contributed by atoms with Gasteiger partial charge in [-0.15, -0.1) is 0 Å². The van der Waals surface area contributed by atoms with Crippen molar-refractivity contribution < 1.29 is 23.9 Å². The zero-order valence-electron chi connectivity index (χ0n) is 19.7. The van der Waals surface area contributed by atoms with E-state index in [0.717, 1.165) is 5.56 Å². The van der Waals surface area contributed by atoms with E-state index in [4.69, 9.17) is 20.6 Å². The molecule has 0 aliphatic rings. The average Bonchev–Trinajstić information content (AvgIpc) is 2.72. The summed E-state index contributed by atoms with van der Waals surface area (Å²) >= 11 is 0. The molecular weight excluding hydrogens is 422 g/mol. The van der Waals surface area contributed by atoms with E-state index in [1.165, 1.54) is 4.90 Å². The zero-order chi connectivity index (χ0) is 24.8. The van der Waals surface area contributed by atoms with Crippen molar-refractivity contribution in [1.29, 1.82) is 5.41 Å². The molecule has 2 aromatic carbocycles. The number of amidine groups is 1. The van der Waals surface area contributed by atoms with Gasteiger partial charge in [-0.1, -0.05) is 39.0 Å². The number of rotatable bonds is 8. The zero-order valence-corrected chi connectivity index (χ0v) is 19.7. The van der Waals surface area contributed by atoms with Crippen LogP contribution in [0.2, 0.25) is 0 Å². The van der Waals surface area contributed by atoms with E-state index in [2.05, 4.69) is 20.8 Å². The molecule has 1 amide bonds. The lowest BCUT2D eigenvalue weighted by Crippen LogP contribution is -2.27. The van der Waals surface area contributed by atoms with Crippen LogP contribution in [0, 0.1) is 10.8 Å². The summed E-state index contributed by atoms with van der Waals surface area (Å²) in [5, 5.41) is 7.66. The largest absolute Gasteiger partial charge is 0.455 e. The Balaban J connectivity index is 2.08. The van der Waals surface area contributed by atoms with Crippen LogP contribution in [-0.4, -0.2) is 49.3 Å². The highest BCUT2D eigenvalue weighted by molar-refractivity contribution is 5.98. The number of nitrogen functional groups attached to an aromatic ring is 1. The molecule has 8 nitrogen and oxygen atoms in total. The fourth-order valence-electron chi connectivity index (χ4n) is 3.00. The summed E-state index contributed by atoms with van der Waals surface area (Å²) < 4.78 is 10.5. The van der Waals surface area contributed by atoms with E-state index in [-0.39, 0.29) is 30.2 Å². The molecule has 0 aliphatic heterocycles. The molecule has 0 saturated heterocycles. The number of nitrogens with zero attached hydrogens (tertiary/aromatic N) is 1. The number of ether oxygens (including phenoxy) is 2. The number of hydrogen-bond donors (Lipinski definition) is 2. The summed E-state index contributed by atoms with van der Waals surface area (Å²) in [6.45, 7) is 5.87. The van der Waals surface area contributed by atoms with Crippen LogP contribution in [-0.2, 0) is 27.2 Å². The lowest BCUT2D eigenvalue weighted by Gasteiger charge is -2.20. The molecule has 0 aromatic heterocycles. The monoisotopic (exact) mass is 453 g/mol. The maximum atomic E-state index is 12.9. The van der Waals surface area contributed by atoms with Crippen LogP contribution in [0.5, 0.6) is 5.75 Å². The minimum atomic E-state index is -0.521. The van der Waals surface area contributed by atoms with E-state index in [1.54, 1.807) is 56.6 Å². The Labute approximate surface area is 194 Å². The van der Waals surface area contributed by atoms with Crippen molar-refractivity contribution in [3.05, 3.63) is 64.7 Å². The third-order valence-corrected chi connectivity index (χ3v) is 4.69. The summed E-state index contributed by atoms with van der Waals surface area (Å²) in [5.74, 6) is -1.07. The van der Waals surface area contributed by atoms with Crippen LogP contribution in [0.25, 0.3) is 0 Å². The summed E-state index contributed by atoms with van der Waals surface area (Å²) in [7, 11) is 3.17. The number of benzene rings is 2. The summed E-state index contributed by atoms with van der Waals surface area (Å²) in [4.78, 5) is 37.6. The summed E-state index contributed by atoms with van der Waals surface area (Å²) in [6, 6.07) is 11.5. The third kappa shape index (κ3) is 8.07. The standard InChI is InChI=1S/C25H31N3O5/c1-25(2,3)14-18-13-17(23(26)27)8-11-20(18)24(31)33-19-9-6-16(7-10-19)12-22(30)32-15-21(29)28(4)5/h6-11,13H,12,14-15H2,1-5H3,(H3,26,27). The Kier molecular flexibility index (Phi) is 8.34. The molecule has 33 heavy (non-hydrogen) atoms. The number of nitrogens with two attached hydrogens (primary N) is 1. The molecule has 0 unspecified atom stereocenters. The van der Waals surface area contributed by atoms with Crippen molar-refractivity contribution in [2.75, 3.05) is 20.7 Å². The van der Waals surface area contributed by atoms with Gasteiger partial charge in [-0.25, -0.2) is 4.79 Å². The van der Waals surface area contributed by atoms with Crippen LogP contribution < -0.4 is 10.5 Å². The molecule has 2 rings (SSSR count). The second-order valence-electron chi connectivity index (χ2n) is 9.18. The Hall–Kier alpha value is -3.68. The van der Waals surface area contributed by atoms with Gasteiger partial charge in [0, 0.05) is 19.7 Å². The molecule has 0 heterocycles. The van der Waals surface area contributed by atoms with Gasteiger partial charge in [-0.3, -0.25) is 15.0 Å². The van der Waals surface area contributed by atoms with E-state index in [1.807, 2.05) is 0 Å². The first kappa shape index (κ1) is 25.6. The second kappa shape index (κ2) is 10.8. The van der Waals surface area contributed by atoms with Gasteiger partial charge in [0.25, 0.3) is 5.91 Å². The van der Waals surface area contributed by atoms with Gasteiger partial charge in [0.15, 0.2) is 6.61 Å². The number of amides is 1. The third-order valence-electron chi connectivity index (χ3n) is 4.69. The number of likely N-dealkylation sites (N-methyl/N-ethyl adjacent to an activating group) is 1. The van der Waals surface area contributed by atoms with Crippen LogP contribution in [0.1, 0.15) is 47.8 Å². The van der Waals surface area contributed by atoms with Crippen LogP contribution in [0.4, 0.5) is 0 Å². The van der Waals surface area contributed by atoms with E-state index in [0.29, 0.717) is 28.9 Å². The normalized spacial score (nSPS) is 10.9. The molecule has 0 atom stereocenters. The van der Waals surface area contributed by atoms with E-state index < -0.39 is 11.9 Å². The van der Waals surface area contributed by atoms with Crippen LogP contribution in [0.15, 0.2) is 42.5 Å². The molecule has 0 fully saturated rings. The molecule has 0 radical (unpaired) electrons. The molecule has 0 aliphatic carbocycles. The predicted molar refractivity (Wildman–Crippen MR) is 125 cm³/mol. The van der Waals surface area contributed by atoms with Crippen molar-refractivity contribution in [1.82, 2.24) is 4.90 Å². The first-order valence-corrected chi connectivity index (χ1v) is 10.5. The lowest BCUT2D eigenvalue weighted by atomic mass is 9.85. The fourth-order valence-corrected chi connectivity index (χ4v) is 3.00. The number of carbonyl (C=O) groups excluding carboxylic acids is 3. The molecule has 176 valence electrons. The maximum absolute atomic E-state index is 12.9. The van der Waals surface area contributed by atoms with E-state index >= 15 is 0 Å². The molecule has 0 spiro atoms. The summed E-state index contributed by atoms with van der Waals surface area (Å²) in [5.41, 5.74) is 7.90. The van der Waals surface area contributed by atoms with Gasteiger partial charge < -0.3 is 20.1 Å². The first-order valence-electron chi connectivity index (χ1n) is 10.5. The van der Waals surface area contributed by atoms with Crippen molar-refractivity contribution >= 4 is 23.7 Å². The second-order valence-corrected chi connectivity index (χ2v) is 9.18. The molecule has 0 bridgehead atoms. The SMILES string of the molecule is CN(C)C(=O)COC(=O)Cc1ccc(OC(=O)c2ccc(C(=N)N)cc2CC(C)(C)C)cc1. The Morgan fingerprint density at radius 1 is 1.03 bits per heavy atom. The van der Waals surface area contributed by atoms with Crippen molar-refractivity contribution in [2.24, 2.45) is 11.1 Å². The van der Waals surface area contributed by atoms with E-state index in [9.17, 15) is 14.4 Å². The van der Waals surface area contributed by atoms with Crippen molar-refractivity contribution in [3.63, 3.8) is 0 Å². The van der Waals surface area contributed by atoms with Gasteiger partial charge in [-0.2, -0.15) is 0 Å². The molecule has 8 heteroatoms. The van der Waals surface area contributed by atoms with Crippen LogP contribution in [0.3, 0.4) is 0 Å². The molecular formula is C25H31N3O5. The van der Waals surface area contributed by atoms with Gasteiger partial charge in [0.1, 0.15) is 11.6 Å². The van der Waals surface area contributed by atoms with Gasteiger partial charge in [-0.05, 0) is 47.2 Å². The van der Waals surface area contributed by atoms with Gasteiger partial charge in [0.05, 0.1) is 12.0 Å². The highest BCUT2D eigenvalue weighted by Crippen LogP contribution is 2.25. The molecule has 2 aromatic rings. The quantitative estimate of drug-likeness (QED) is 0.274.